The van der Waals surface area contributed by atoms with Gasteiger partial charge in [-0.3, -0.25) is 4.40 Å². The van der Waals surface area contributed by atoms with Crippen molar-refractivity contribution in [3.05, 3.63) is 24.2 Å². The summed E-state index contributed by atoms with van der Waals surface area (Å²) in [6.45, 7) is 8.16. The molecule has 2 aromatic rings. The van der Waals surface area contributed by atoms with Crippen LogP contribution in [-0.2, 0) is 4.74 Å². The first kappa shape index (κ1) is 14.8. The van der Waals surface area contributed by atoms with Gasteiger partial charge in [0.25, 0.3) is 0 Å². The van der Waals surface area contributed by atoms with Crippen LogP contribution in [0.5, 0.6) is 0 Å². The molecule has 0 radical (unpaired) electrons. The van der Waals surface area contributed by atoms with Crippen LogP contribution >= 0.6 is 0 Å². The largest absolute Gasteiger partial charge is 0.461 e. The van der Waals surface area contributed by atoms with Crippen molar-refractivity contribution >= 4 is 17.6 Å². The number of anilines is 1. The summed E-state index contributed by atoms with van der Waals surface area (Å²) in [5.74, 6) is 0.403. The number of fused-ring (bicyclic) bond motifs is 1. The summed E-state index contributed by atoms with van der Waals surface area (Å²) < 4.78 is 6.88. The molecule has 2 aromatic heterocycles. The molecule has 1 aliphatic rings. The summed E-state index contributed by atoms with van der Waals surface area (Å²) in [6.07, 6.45) is 3.43. The summed E-state index contributed by atoms with van der Waals surface area (Å²) >= 11 is 0. The van der Waals surface area contributed by atoms with Crippen LogP contribution in [0.15, 0.2) is 18.5 Å². The molecule has 1 N–H and O–H groups in total. The molecular weight excluding hydrogens is 282 g/mol. The Morgan fingerprint density at radius 1 is 1.41 bits per heavy atom. The lowest BCUT2D eigenvalue weighted by Gasteiger charge is -2.36. The number of carbonyl (C=O) groups excluding carboxylic acids is 1. The van der Waals surface area contributed by atoms with Gasteiger partial charge in [-0.05, 0) is 26.8 Å². The Hall–Kier alpha value is -2.15. The van der Waals surface area contributed by atoms with Gasteiger partial charge in [-0.1, -0.05) is 0 Å². The van der Waals surface area contributed by atoms with Crippen LogP contribution in [0, 0.1) is 0 Å². The van der Waals surface area contributed by atoms with Crippen molar-refractivity contribution in [1.82, 2.24) is 19.7 Å². The van der Waals surface area contributed by atoms with Crippen molar-refractivity contribution in [2.75, 3.05) is 24.6 Å². The molecule has 0 aliphatic carbocycles. The zero-order chi connectivity index (χ0) is 15.7. The van der Waals surface area contributed by atoms with Gasteiger partial charge >= 0.3 is 5.97 Å². The Kier molecular flexibility index (Phi) is 3.98. The van der Waals surface area contributed by atoms with Gasteiger partial charge in [-0.2, -0.15) is 0 Å². The average Bonchev–Trinajstić information content (AvgIpc) is 2.90. The second kappa shape index (κ2) is 5.92. The maximum absolute atomic E-state index is 11.9. The number of rotatable bonds is 3. The highest BCUT2D eigenvalue weighted by Gasteiger charge is 2.24. The van der Waals surface area contributed by atoms with Gasteiger partial charge in [0, 0.05) is 37.6 Å². The summed E-state index contributed by atoms with van der Waals surface area (Å²) in [5, 5.41) is 3.50. The van der Waals surface area contributed by atoms with E-state index in [9.17, 15) is 4.79 Å². The van der Waals surface area contributed by atoms with Crippen LogP contribution in [0.4, 0.5) is 5.95 Å². The topological polar surface area (TPSA) is 71.8 Å². The van der Waals surface area contributed by atoms with E-state index in [1.54, 1.807) is 25.4 Å². The third-order valence-corrected chi connectivity index (χ3v) is 3.69. The SMILES string of the molecule is CCOC(=O)c1cn2c(N3C[C@@H](C)N[C@@H](C)C3)nccc2n1. The van der Waals surface area contributed by atoms with Crippen LogP contribution in [0.1, 0.15) is 31.3 Å². The fourth-order valence-electron chi connectivity index (χ4n) is 2.93. The minimum atomic E-state index is -0.404. The lowest BCUT2D eigenvalue weighted by molar-refractivity contribution is 0.0520. The minimum absolute atomic E-state index is 0.312. The lowest BCUT2D eigenvalue weighted by atomic mass is 10.1. The van der Waals surface area contributed by atoms with E-state index < -0.39 is 5.97 Å². The van der Waals surface area contributed by atoms with Gasteiger partial charge in [0.1, 0.15) is 5.65 Å². The van der Waals surface area contributed by atoms with Crippen molar-refractivity contribution in [3.63, 3.8) is 0 Å². The van der Waals surface area contributed by atoms with Crippen molar-refractivity contribution in [3.8, 4) is 0 Å². The van der Waals surface area contributed by atoms with Crippen molar-refractivity contribution in [1.29, 1.82) is 0 Å². The van der Waals surface area contributed by atoms with E-state index in [0.717, 1.165) is 19.0 Å². The third-order valence-electron chi connectivity index (χ3n) is 3.69. The van der Waals surface area contributed by atoms with E-state index in [1.807, 2.05) is 4.40 Å². The number of nitrogens with one attached hydrogen (secondary N) is 1. The maximum atomic E-state index is 11.9. The number of piperazine rings is 1. The minimum Gasteiger partial charge on any atom is -0.461 e. The van der Waals surface area contributed by atoms with E-state index in [0.29, 0.717) is 30.0 Å². The Morgan fingerprint density at radius 3 is 2.82 bits per heavy atom. The molecule has 7 nitrogen and oxygen atoms in total. The highest BCUT2D eigenvalue weighted by atomic mass is 16.5. The van der Waals surface area contributed by atoms with Crippen LogP contribution < -0.4 is 10.2 Å². The van der Waals surface area contributed by atoms with E-state index in [2.05, 4.69) is 34.0 Å². The zero-order valence-electron chi connectivity index (χ0n) is 13.1. The number of ether oxygens (including phenoxy) is 1. The molecule has 118 valence electrons. The maximum Gasteiger partial charge on any atom is 0.358 e. The first-order valence-electron chi connectivity index (χ1n) is 7.60. The Balaban J connectivity index is 1.97. The van der Waals surface area contributed by atoms with E-state index >= 15 is 0 Å². The Bertz CT molecular complexity index is 674. The van der Waals surface area contributed by atoms with Crippen molar-refractivity contribution < 1.29 is 9.53 Å². The highest BCUT2D eigenvalue weighted by Crippen LogP contribution is 2.18. The highest BCUT2D eigenvalue weighted by molar-refractivity contribution is 5.88. The molecule has 0 aromatic carbocycles. The third kappa shape index (κ3) is 2.76. The molecule has 2 atom stereocenters. The van der Waals surface area contributed by atoms with Crippen LogP contribution in [0.25, 0.3) is 5.65 Å². The van der Waals surface area contributed by atoms with E-state index in [4.69, 9.17) is 4.74 Å². The van der Waals surface area contributed by atoms with Gasteiger partial charge in [0.05, 0.1) is 6.61 Å². The van der Waals surface area contributed by atoms with Crippen LogP contribution in [-0.4, -0.2) is 52.1 Å². The Morgan fingerprint density at radius 2 is 2.14 bits per heavy atom. The zero-order valence-corrected chi connectivity index (χ0v) is 13.1. The predicted molar refractivity (Wildman–Crippen MR) is 83.2 cm³/mol. The molecule has 0 amide bonds. The van der Waals surface area contributed by atoms with E-state index in [-0.39, 0.29) is 0 Å². The normalized spacial score (nSPS) is 22.0. The molecule has 0 saturated carbocycles. The smallest absolute Gasteiger partial charge is 0.358 e. The summed E-state index contributed by atoms with van der Waals surface area (Å²) in [6, 6.07) is 2.56. The molecule has 0 spiro atoms. The second-order valence-corrected chi connectivity index (χ2v) is 5.69. The van der Waals surface area contributed by atoms with Crippen molar-refractivity contribution in [2.45, 2.75) is 32.9 Å². The van der Waals surface area contributed by atoms with Gasteiger partial charge in [-0.25, -0.2) is 14.8 Å². The molecule has 0 unspecified atom stereocenters. The molecule has 3 heterocycles. The molecule has 0 bridgehead atoms. The molecule has 1 fully saturated rings. The lowest BCUT2D eigenvalue weighted by Crippen LogP contribution is -2.54. The summed E-state index contributed by atoms with van der Waals surface area (Å²) in [5.41, 5.74) is 1.01. The van der Waals surface area contributed by atoms with Crippen molar-refractivity contribution in [2.24, 2.45) is 0 Å². The molecule has 1 aliphatic heterocycles. The number of hydrogen-bond donors (Lipinski definition) is 1. The average molecular weight is 303 g/mol. The molecule has 3 rings (SSSR count). The Labute approximate surface area is 129 Å². The standard InChI is InChI=1S/C15H21N5O2/c1-4-22-14(21)12-9-20-13(18-12)5-6-16-15(20)19-7-10(2)17-11(3)8-19/h5-6,9-11,17H,4,7-8H2,1-3H3/t10-,11+. The molecule has 22 heavy (non-hydrogen) atoms. The molecule has 1 saturated heterocycles. The fraction of sp³-hybridized carbons (Fsp3) is 0.533. The number of hydrogen-bond acceptors (Lipinski definition) is 6. The first-order chi connectivity index (χ1) is 10.6. The number of nitrogens with zero attached hydrogens (tertiary/aromatic N) is 4. The van der Waals surface area contributed by atoms with Gasteiger partial charge in [0.15, 0.2) is 5.69 Å². The summed E-state index contributed by atoms with van der Waals surface area (Å²) in [4.78, 5) is 22.9. The predicted octanol–water partition coefficient (Wildman–Crippen LogP) is 1.09. The van der Waals surface area contributed by atoms with Crippen LogP contribution in [0.2, 0.25) is 0 Å². The number of aromatic nitrogens is 3. The van der Waals surface area contributed by atoms with Gasteiger partial charge < -0.3 is 15.0 Å². The number of imidazole rings is 1. The monoisotopic (exact) mass is 303 g/mol. The first-order valence-corrected chi connectivity index (χ1v) is 7.60. The fourth-order valence-corrected chi connectivity index (χ4v) is 2.93. The second-order valence-electron chi connectivity index (χ2n) is 5.69. The van der Waals surface area contributed by atoms with Crippen LogP contribution in [0.3, 0.4) is 0 Å². The molecule has 7 heteroatoms. The van der Waals surface area contributed by atoms with Gasteiger partial charge in [-0.15, -0.1) is 0 Å². The molecular formula is C15H21N5O2. The quantitative estimate of drug-likeness (QED) is 0.856. The number of esters is 1. The summed E-state index contributed by atoms with van der Waals surface area (Å²) in [7, 11) is 0. The van der Waals surface area contributed by atoms with E-state index in [1.165, 1.54) is 0 Å². The number of carbonyl (C=O) groups is 1. The van der Waals surface area contributed by atoms with Gasteiger partial charge in [0.2, 0.25) is 5.95 Å².